The highest BCUT2D eigenvalue weighted by Gasteiger charge is 2.18. The molecule has 0 radical (unpaired) electrons. The normalized spacial score (nSPS) is 13.8. The molecule has 0 aliphatic rings. The zero-order chi connectivity index (χ0) is 21.4. The molecule has 0 amide bonds. The third-order valence-corrected chi connectivity index (χ3v) is 7.67. The van der Waals surface area contributed by atoms with E-state index in [0.717, 1.165) is 12.8 Å². The van der Waals surface area contributed by atoms with E-state index >= 15 is 0 Å². The number of hydrogen-bond donors (Lipinski definition) is 0. The minimum absolute atomic E-state index is 0.385. The summed E-state index contributed by atoms with van der Waals surface area (Å²) in [5.74, 6) is 0.676. The number of unbranched alkanes of at least 4 members (excludes halogenated alkanes) is 17. The van der Waals surface area contributed by atoms with Crippen molar-refractivity contribution >= 4 is 8.46 Å². The highest BCUT2D eigenvalue weighted by molar-refractivity contribution is 7.24. The van der Waals surface area contributed by atoms with Crippen molar-refractivity contribution in [3.8, 4) is 0 Å². The first kappa shape index (κ1) is 29.1. The lowest BCUT2D eigenvalue weighted by Crippen LogP contribution is -2.14. The molecule has 0 rings (SSSR count). The van der Waals surface area contributed by atoms with Crippen LogP contribution >= 0.6 is 8.46 Å². The average molecular weight is 427 g/mol. The molecule has 0 aromatic rings. The van der Waals surface area contributed by atoms with Crippen LogP contribution in [0.3, 0.4) is 0 Å². The third-order valence-electron chi connectivity index (χ3n) is 6.72. The Balaban J connectivity index is 3.28. The van der Waals surface area contributed by atoms with Gasteiger partial charge in [0.25, 0.3) is 0 Å². The first-order valence-electron chi connectivity index (χ1n) is 13.6. The van der Waals surface area contributed by atoms with E-state index in [0.29, 0.717) is 20.0 Å². The van der Waals surface area contributed by atoms with Crippen molar-refractivity contribution in [1.82, 2.24) is 0 Å². The molecule has 0 saturated heterocycles. The molecule has 1 nitrogen and oxygen atoms in total. The summed E-state index contributed by atoms with van der Waals surface area (Å²) in [6.45, 7) is 6.78. The molecule has 0 aromatic carbocycles. The van der Waals surface area contributed by atoms with Gasteiger partial charge in [0.15, 0.2) is 8.46 Å². The second kappa shape index (κ2) is 24.4. The minimum Gasteiger partial charge on any atom is -0.275 e. The van der Waals surface area contributed by atoms with Crippen molar-refractivity contribution < 1.29 is 4.57 Å². The van der Waals surface area contributed by atoms with Gasteiger partial charge in [-0.25, -0.2) is 0 Å². The van der Waals surface area contributed by atoms with E-state index in [-0.39, 0.29) is 0 Å². The van der Waals surface area contributed by atoms with Gasteiger partial charge in [-0.1, -0.05) is 149 Å². The van der Waals surface area contributed by atoms with Gasteiger partial charge in [-0.3, -0.25) is 4.57 Å². The largest absolute Gasteiger partial charge is 0.275 e. The van der Waals surface area contributed by atoms with Gasteiger partial charge in [-0.2, -0.15) is 0 Å². The Morgan fingerprint density at radius 1 is 0.483 bits per heavy atom. The number of rotatable bonds is 24. The SMILES string of the molecule is CCCCCCCCCCCCCCCCCCCCC(CC)C(CCC)P=O. The van der Waals surface area contributed by atoms with Crippen molar-refractivity contribution in [3.05, 3.63) is 0 Å². The lowest BCUT2D eigenvalue weighted by molar-refractivity contribution is 0.402. The van der Waals surface area contributed by atoms with Crippen LogP contribution < -0.4 is 0 Å². The smallest absolute Gasteiger partial charge is 0.158 e. The van der Waals surface area contributed by atoms with Crippen molar-refractivity contribution in [1.29, 1.82) is 0 Å². The monoisotopic (exact) mass is 426 g/mol. The van der Waals surface area contributed by atoms with Crippen LogP contribution in [0.2, 0.25) is 0 Å². The van der Waals surface area contributed by atoms with Crippen LogP contribution in [0.1, 0.15) is 162 Å². The summed E-state index contributed by atoms with van der Waals surface area (Å²) in [7, 11) is 0.385. The Hall–Kier alpha value is 0.100. The maximum Gasteiger partial charge on any atom is 0.158 e. The molecule has 0 fully saturated rings. The van der Waals surface area contributed by atoms with E-state index in [2.05, 4.69) is 20.8 Å². The molecule has 174 valence electrons. The van der Waals surface area contributed by atoms with E-state index in [4.69, 9.17) is 0 Å². The van der Waals surface area contributed by atoms with E-state index in [1.54, 1.807) is 0 Å². The quantitative estimate of drug-likeness (QED) is 0.111. The van der Waals surface area contributed by atoms with Crippen LogP contribution in [0, 0.1) is 5.92 Å². The molecule has 29 heavy (non-hydrogen) atoms. The van der Waals surface area contributed by atoms with Crippen molar-refractivity contribution in [2.45, 2.75) is 168 Å². The van der Waals surface area contributed by atoms with Crippen LogP contribution in [-0.2, 0) is 4.57 Å². The topological polar surface area (TPSA) is 17.1 Å². The summed E-state index contributed by atoms with van der Waals surface area (Å²) >= 11 is 0. The fourth-order valence-electron chi connectivity index (χ4n) is 4.65. The Kier molecular flexibility index (Phi) is 24.5. The molecule has 2 unspecified atom stereocenters. The van der Waals surface area contributed by atoms with Gasteiger partial charge in [0.1, 0.15) is 0 Å². The Morgan fingerprint density at radius 2 is 0.862 bits per heavy atom. The Bertz CT molecular complexity index is 318. The van der Waals surface area contributed by atoms with Gasteiger partial charge < -0.3 is 0 Å². The van der Waals surface area contributed by atoms with Crippen LogP contribution in [0.4, 0.5) is 0 Å². The molecule has 2 atom stereocenters. The predicted molar refractivity (Wildman–Crippen MR) is 133 cm³/mol. The van der Waals surface area contributed by atoms with Gasteiger partial charge in [0.05, 0.1) is 0 Å². The Labute approximate surface area is 186 Å². The second-order valence-corrected chi connectivity index (χ2v) is 10.3. The molecule has 0 heterocycles. The highest BCUT2D eigenvalue weighted by Crippen LogP contribution is 2.29. The fourth-order valence-corrected chi connectivity index (χ4v) is 5.54. The molecule has 0 aliphatic carbocycles. The molecule has 0 saturated carbocycles. The summed E-state index contributed by atoms with van der Waals surface area (Å²) in [4.78, 5) is 0. The molecule has 0 aromatic heterocycles. The predicted octanol–water partition coefficient (Wildman–Crippen LogP) is 10.9. The summed E-state index contributed by atoms with van der Waals surface area (Å²) in [5, 5.41) is 0. The maximum absolute atomic E-state index is 11.4. The molecule has 0 N–H and O–H groups in total. The van der Waals surface area contributed by atoms with E-state index in [9.17, 15) is 4.57 Å². The lowest BCUT2D eigenvalue weighted by atomic mass is 9.92. The Morgan fingerprint density at radius 3 is 1.17 bits per heavy atom. The first-order chi connectivity index (χ1) is 14.3. The lowest BCUT2D eigenvalue weighted by Gasteiger charge is -2.20. The summed E-state index contributed by atoms with van der Waals surface area (Å²) < 4.78 is 11.4. The van der Waals surface area contributed by atoms with Crippen molar-refractivity contribution in [2.24, 2.45) is 5.92 Å². The van der Waals surface area contributed by atoms with Crippen LogP contribution in [0.25, 0.3) is 0 Å². The van der Waals surface area contributed by atoms with Crippen LogP contribution in [-0.4, -0.2) is 5.66 Å². The molecule has 0 spiro atoms. The van der Waals surface area contributed by atoms with Gasteiger partial charge in [0.2, 0.25) is 0 Å². The molecule has 2 heteroatoms. The van der Waals surface area contributed by atoms with Gasteiger partial charge in [-0.05, 0) is 18.8 Å². The fraction of sp³-hybridized carbons (Fsp3) is 1.00. The van der Waals surface area contributed by atoms with Gasteiger partial charge >= 0.3 is 0 Å². The number of hydrogen-bond acceptors (Lipinski definition) is 1. The summed E-state index contributed by atoms with van der Waals surface area (Å²) in [6, 6.07) is 0. The van der Waals surface area contributed by atoms with Crippen molar-refractivity contribution in [3.63, 3.8) is 0 Å². The molecule has 0 bridgehead atoms. The maximum atomic E-state index is 11.4. The summed E-state index contributed by atoms with van der Waals surface area (Å²) in [5.41, 5.74) is 0.413. The van der Waals surface area contributed by atoms with Crippen molar-refractivity contribution in [2.75, 3.05) is 0 Å². The molecular weight excluding hydrogens is 371 g/mol. The average Bonchev–Trinajstić information content (AvgIpc) is 2.74. The van der Waals surface area contributed by atoms with Gasteiger partial charge in [-0.15, -0.1) is 0 Å². The zero-order valence-corrected chi connectivity index (χ0v) is 21.5. The standard InChI is InChI=1S/C27H55OP/c1-4-7-8-9-10-11-12-13-14-15-16-17-18-19-20-21-22-23-25-26(6-3)27(29-28)24-5-2/h26-27H,4-25H2,1-3H3. The molecule has 0 aliphatic heterocycles. The van der Waals surface area contributed by atoms with E-state index in [1.165, 1.54) is 128 Å². The zero-order valence-electron chi connectivity index (χ0n) is 20.6. The van der Waals surface area contributed by atoms with Gasteiger partial charge in [0, 0.05) is 5.66 Å². The third kappa shape index (κ3) is 19.8. The molecular formula is C27H55OP. The second-order valence-electron chi connectivity index (χ2n) is 9.43. The highest BCUT2D eigenvalue weighted by atomic mass is 31.1. The summed E-state index contributed by atoms with van der Waals surface area (Å²) in [6.07, 6.45) is 30.6. The van der Waals surface area contributed by atoms with E-state index < -0.39 is 0 Å². The first-order valence-corrected chi connectivity index (χ1v) is 14.5. The van der Waals surface area contributed by atoms with Crippen LogP contribution in [0.15, 0.2) is 0 Å². The minimum atomic E-state index is 0.385. The van der Waals surface area contributed by atoms with Crippen LogP contribution in [0.5, 0.6) is 0 Å². The van der Waals surface area contributed by atoms with E-state index in [1.807, 2.05) is 0 Å².